The van der Waals surface area contributed by atoms with Gasteiger partial charge in [0.05, 0.1) is 27.2 Å². The quantitative estimate of drug-likeness (QED) is 0.409. The van der Waals surface area contributed by atoms with Crippen LogP contribution in [0, 0.1) is 0 Å². The van der Waals surface area contributed by atoms with Gasteiger partial charge in [-0.25, -0.2) is 4.79 Å². The van der Waals surface area contributed by atoms with E-state index < -0.39 is 11.6 Å². The summed E-state index contributed by atoms with van der Waals surface area (Å²) in [7, 11) is 6.38. The van der Waals surface area contributed by atoms with Crippen LogP contribution in [0.5, 0.6) is 0 Å². The normalized spacial score (nSPS) is 26.0. The van der Waals surface area contributed by atoms with Gasteiger partial charge in [-0.15, -0.1) is 0 Å². The highest BCUT2D eigenvalue weighted by atomic mass is 35.5. The molecule has 7 heteroatoms. The van der Waals surface area contributed by atoms with Crippen molar-refractivity contribution in [3.63, 3.8) is 0 Å². The molecule has 1 aliphatic heterocycles. The maximum Gasteiger partial charge on any atom is 0.347 e. The predicted octanol–water partition coefficient (Wildman–Crippen LogP) is 4.17. The summed E-state index contributed by atoms with van der Waals surface area (Å²) in [5.74, 6) is -0.723. The second-order valence-corrected chi connectivity index (χ2v) is 10.3. The summed E-state index contributed by atoms with van der Waals surface area (Å²) >= 11 is 12.3. The molecule has 0 spiro atoms. The van der Waals surface area contributed by atoms with Crippen molar-refractivity contribution in [2.45, 2.75) is 49.2 Å². The number of halogens is 2. The van der Waals surface area contributed by atoms with Crippen molar-refractivity contribution in [1.29, 1.82) is 0 Å². The van der Waals surface area contributed by atoms with Crippen LogP contribution in [0.2, 0.25) is 10.0 Å². The molecule has 4 rings (SSSR count). The molecule has 2 aliphatic rings. The highest BCUT2D eigenvalue weighted by Crippen LogP contribution is 2.41. The Hall–Kier alpha value is -1.63. The van der Waals surface area contributed by atoms with Crippen LogP contribution in [-0.4, -0.2) is 61.1 Å². The van der Waals surface area contributed by atoms with E-state index in [1.165, 1.54) is 0 Å². The van der Waals surface area contributed by atoms with E-state index in [0.717, 1.165) is 10.9 Å². The smallest absolute Gasteiger partial charge is 0.347 e. The van der Waals surface area contributed by atoms with Gasteiger partial charge in [-0.05, 0) is 37.1 Å². The molecule has 1 saturated carbocycles. The molecule has 4 atom stereocenters. The molecule has 31 heavy (non-hydrogen) atoms. The molecule has 0 radical (unpaired) electrons. The highest BCUT2D eigenvalue weighted by molar-refractivity contribution is 6.31. The van der Waals surface area contributed by atoms with E-state index in [-0.39, 0.29) is 24.4 Å². The lowest BCUT2D eigenvalue weighted by Gasteiger charge is -2.35. The van der Waals surface area contributed by atoms with Gasteiger partial charge in [-0.3, -0.25) is 0 Å². The summed E-state index contributed by atoms with van der Waals surface area (Å²) < 4.78 is 12.6. The fourth-order valence-electron chi connectivity index (χ4n) is 4.53. The number of carbonyl (C=O) groups excluding carboxylic acids is 1. The van der Waals surface area contributed by atoms with Gasteiger partial charge in [-0.1, -0.05) is 47.5 Å². The average Bonchev–Trinajstić information content (AvgIpc) is 3.48. The van der Waals surface area contributed by atoms with Crippen molar-refractivity contribution in [2.24, 2.45) is 0 Å². The van der Waals surface area contributed by atoms with Crippen molar-refractivity contribution in [1.82, 2.24) is 0 Å². The van der Waals surface area contributed by atoms with E-state index in [2.05, 4.69) is 21.1 Å². The standard InChI is InChI=1S/C24H28Cl2NO4/c1-27(2,3)20-14-19(10-11-21-22(20)31-21)30-23(28)24(29,15-6-4-8-17(25)12-15)16-7-5-9-18(26)13-16/h4-9,12-13,19-22,29H,10-11,14H2,1-3H3/q+1/t19-,20?,21-,22?/m1/s1. The number of ether oxygens (including phenoxy) is 2. The lowest BCUT2D eigenvalue weighted by atomic mass is 9.86. The van der Waals surface area contributed by atoms with Gasteiger partial charge in [0.2, 0.25) is 5.60 Å². The third-order valence-electron chi connectivity index (χ3n) is 6.33. The SMILES string of the molecule is C[N+](C)(C)C1C[C@H](OC(=O)C(O)(c2cccc(Cl)c2)c2cccc(Cl)c2)CC[C@H]2OC12. The van der Waals surface area contributed by atoms with Crippen LogP contribution in [-0.2, 0) is 19.9 Å². The van der Waals surface area contributed by atoms with Gasteiger partial charge in [0, 0.05) is 27.6 Å². The van der Waals surface area contributed by atoms with Gasteiger partial charge >= 0.3 is 5.97 Å². The molecule has 2 unspecified atom stereocenters. The van der Waals surface area contributed by atoms with E-state index in [1.807, 2.05) is 0 Å². The first-order valence-corrected chi connectivity index (χ1v) is 11.3. The van der Waals surface area contributed by atoms with Crippen molar-refractivity contribution in [3.05, 3.63) is 69.7 Å². The van der Waals surface area contributed by atoms with Crippen molar-refractivity contribution >= 4 is 29.2 Å². The van der Waals surface area contributed by atoms with Crippen LogP contribution in [0.4, 0.5) is 0 Å². The first kappa shape index (κ1) is 22.6. The Labute approximate surface area is 193 Å². The summed E-state index contributed by atoms with van der Waals surface area (Å²) in [6.07, 6.45) is 2.33. The van der Waals surface area contributed by atoms with Gasteiger partial charge in [0.25, 0.3) is 0 Å². The van der Waals surface area contributed by atoms with Crippen LogP contribution >= 0.6 is 23.2 Å². The topological polar surface area (TPSA) is 59.1 Å². The van der Waals surface area contributed by atoms with E-state index in [9.17, 15) is 9.90 Å². The first-order chi connectivity index (χ1) is 14.6. The number of benzene rings is 2. The summed E-state index contributed by atoms with van der Waals surface area (Å²) in [6, 6.07) is 13.5. The number of rotatable bonds is 5. The molecule has 5 nitrogen and oxygen atoms in total. The lowest BCUT2D eigenvalue weighted by Crippen LogP contribution is -2.50. The molecular formula is C24H28Cl2NO4+. The number of hydrogen-bond acceptors (Lipinski definition) is 4. The summed E-state index contributed by atoms with van der Waals surface area (Å²) in [5, 5.41) is 12.6. The van der Waals surface area contributed by atoms with E-state index in [4.69, 9.17) is 32.7 Å². The van der Waals surface area contributed by atoms with Crippen LogP contribution in [0.1, 0.15) is 30.4 Å². The third-order valence-corrected chi connectivity index (χ3v) is 6.80. The Morgan fingerprint density at radius 2 is 1.65 bits per heavy atom. The predicted molar refractivity (Wildman–Crippen MR) is 120 cm³/mol. The van der Waals surface area contributed by atoms with Crippen molar-refractivity contribution in [3.8, 4) is 0 Å². The van der Waals surface area contributed by atoms with E-state index >= 15 is 0 Å². The van der Waals surface area contributed by atoms with Crippen LogP contribution < -0.4 is 0 Å². The fourth-order valence-corrected chi connectivity index (χ4v) is 4.91. The van der Waals surface area contributed by atoms with Crippen molar-refractivity contribution in [2.75, 3.05) is 21.1 Å². The molecule has 0 bridgehead atoms. The molecule has 1 heterocycles. The molecular weight excluding hydrogens is 437 g/mol. The van der Waals surface area contributed by atoms with Gasteiger partial charge < -0.3 is 19.1 Å². The van der Waals surface area contributed by atoms with Crippen LogP contribution in [0.15, 0.2) is 48.5 Å². The summed E-state index contributed by atoms with van der Waals surface area (Å²) in [4.78, 5) is 13.5. The summed E-state index contributed by atoms with van der Waals surface area (Å²) in [6.45, 7) is 0. The monoisotopic (exact) mass is 464 g/mol. The Bertz CT molecular complexity index is 929. The number of epoxide rings is 1. The van der Waals surface area contributed by atoms with Crippen LogP contribution in [0.3, 0.4) is 0 Å². The molecule has 1 saturated heterocycles. The van der Waals surface area contributed by atoms with Crippen LogP contribution in [0.25, 0.3) is 0 Å². The number of esters is 1. The maximum absolute atomic E-state index is 13.5. The average molecular weight is 465 g/mol. The molecule has 1 aliphatic carbocycles. The Morgan fingerprint density at radius 1 is 1.06 bits per heavy atom. The largest absolute Gasteiger partial charge is 0.459 e. The zero-order chi connectivity index (χ0) is 22.4. The van der Waals surface area contributed by atoms with Gasteiger partial charge in [0.1, 0.15) is 18.2 Å². The molecule has 1 N–H and O–H groups in total. The second kappa shape index (κ2) is 8.38. The number of nitrogens with zero attached hydrogens (tertiary/aromatic N) is 1. The Kier molecular flexibility index (Phi) is 6.10. The fraction of sp³-hybridized carbons (Fsp3) is 0.458. The molecule has 2 aromatic rings. The number of quaternary nitrogens is 1. The van der Waals surface area contributed by atoms with Gasteiger partial charge in [-0.2, -0.15) is 0 Å². The van der Waals surface area contributed by atoms with E-state index in [0.29, 0.717) is 34.0 Å². The Balaban J connectivity index is 1.65. The zero-order valence-electron chi connectivity index (χ0n) is 17.9. The number of fused-ring (bicyclic) bond motifs is 1. The first-order valence-electron chi connectivity index (χ1n) is 10.5. The Morgan fingerprint density at radius 3 is 2.16 bits per heavy atom. The third kappa shape index (κ3) is 4.62. The zero-order valence-corrected chi connectivity index (χ0v) is 19.4. The minimum atomic E-state index is -2.02. The highest BCUT2D eigenvalue weighted by Gasteiger charge is 2.54. The lowest BCUT2D eigenvalue weighted by molar-refractivity contribution is -0.897. The second-order valence-electron chi connectivity index (χ2n) is 9.39. The molecule has 0 aromatic heterocycles. The summed E-state index contributed by atoms with van der Waals surface area (Å²) in [5.41, 5.74) is -1.33. The molecule has 2 aromatic carbocycles. The number of aliphatic hydroxyl groups is 1. The van der Waals surface area contributed by atoms with E-state index in [1.54, 1.807) is 48.5 Å². The number of carbonyl (C=O) groups is 1. The molecule has 2 fully saturated rings. The number of hydrogen-bond donors (Lipinski definition) is 1. The van der Waals surface area contributed by atoms with Gasteiger partial charge in [0.15, 0.2) is 0 Å². The number of likely N-dealkylation sites (N-methyl/N-ethyl adjacent to an activating group) is 1. The molecule has 0 amide bonds. The molecule has 166 valence electrons. The minimum Gasteiger partial charge on any atom is -0.459 e. The van der Waals surface area contributed by atoms with Crippen molar-refractivity contribution < 1.29 is 23.9 Å². The maximum atomic E-state index is 13.5. The minimum absolute atomic E-state index is 0.198.